The lowest BCUT2D eigenvalue weighted by molar-refractivity contribution is 0.0114. The molecular weight excluding hydrogens is 472 g/mol. The first-order valence-electron chi connectivity index (χ1n) is 12.2. The van der Waals surface area contributed by atoms with Crippen molar-refractivity contribution in [2.75, 3.05) is 31.1 Å². The summed E-state index contributed by atoms with van der Waals surface area (Å²) in [5, 5.41) is 39.3. The van der Waals surface area contributed by atoms with Gasteiger partial charge in [0.2, 0.25) is 5.90 Å². The molecule has 3 aromatic rings. The van der Waals surface area contributed by atoms with Crippen molar-refractivity contribution in [2.45, 2.75) is 44.9 Å². The molecule has 3 aliphatic heterocycles. The van der Waals surface area contributed by atoms with E-state index in [0.717, 1.165) is 36.5 Å². The van der Waals surface area contributed by atoms with Gasteiger partial charge in [-0.25, -0.2) is 9.50 Å². The van der Waals surface area contributed by atoms with Crippen molar-refractivity contribution in [1.82, 2.24) is 19.5 Å². The minimum absolute atomic E-state index is 0.0334. The number of hydrogen-bond donors (Lipinski definition) is 3. The first-order valence-corrected chi connectivity index (χ1v) is 12.2. The number of pyridine rings is 2. The van der Waals surface area contributed by atoms with Crippen LogP contribution in [0.3, 0.4) is 0 Å². The first-order chi connectivity index (χ1) is 17.6. The number of aromatic nitrogens is 3. The van der Waals surface area contributed by atoms with E-state index in [4.69, 9.17) is 25.3 Å². The third-order valence-electron chi connectivity index (χ3n) is 6.63. The van der Waals surface area contributed by atoms with Gasteiger partial charge in [0.25, 0.3) is 0 Å². The number of rotatable bonds is 7. The highest BCUT2D eigenvalue weighted by Crippen LogP contribution is 2.35. The van der Waals surface area contributed by atoms with Crippen LogP contribution in [0.4, 0.5) is 5.82 Å². The Hall–Kier alpha value is -4.01. The van der Waals surface area contributed by atoms with Gasteiger partial charge in [0.1, 0.15) is 24.2 Å². The van der Waals surface area contributed by atoms with Gasteiger partial charge in [-0.3, -0.25) is 15.7 Å². The van der Waals surface area contributed by atoms with E-state index >= 15 is 0 Å². The minimum atomic E-state index is -0.989. The molecule has 37 heavy (non-hydrogen) atoms. The highest BCUT2D eigenvalue weighted by atomic mass is 16.5. The molecule has 3 aromatic heterocycles. The molecule has 0 saturated carbocycles. The Morgan fingerprint density at radius 3 is 2.62 bits per heavy atom. The summed E-state index contributed by atoms with van der Waals surface area (Å²) in [6, 6.07) is 8.67. The van der Waals surface area contributed by atoms with Gasteiger partial charge in [0.15, 0.2) is 5.90 Å². The smallest absolute Gasteiger partial charge is 0.203 e. The number of ether oxygens (including phenoxy) is 2. The van der Waals surface area contributed by atoms with Crippen molar-refractivity contribution in [3.05, 3.63) is 42.4 Å². The van der Waals surface area contributed by atoms with Crippen molar-refractivity contribution < 1.29 is 14.6 Å². The average molecular weight is 503 g/mol. The van der Waals surface area contributed by atoms with E-state index in [2.05, 4.69) is 21.0 Å². The summed E-state index contributed by atoms with van der Waals surface area (Å²) < 4.78 is 12.6. The lowest BCUT2D eigenvalue weighted by Gasteiger charge is -2.56. The van der Waals surface area contributed by atoms with Gasteiger partial charge >= 0.3 is 0 Å². The first kappa shape index (κ1) is 24.7. The normalized spacial score (nSPS) is 19.3. The third-order valence-corrected chi connectivity index (χ3v) is 6.63. The van der Waals surface area contributed by atoms with E-state index in [-0.39, 0.29) is 18.4 Å². The maximum atomic E-state index is 10.1. The molecule has 0 radical (unpaired) electrons. The molecule has 0 spiro atoms. The van der Waals surface area contributed by atoms with Crippen LogP contribution < -0.4 is 9.64 Å². The molecule has 0 aliphatic carbocycles. The molecule has 11 nitrogen and oxygen atoms in total. The van der Waals surface area contributed by atoms with Crippen LogP contribution in [0.25, 0.3) is 16.6 Å². The minimum Gasteiger partial charge on any atom is -0.489 e. The Morgan fingerprint density at radius 1 is 1.24 bits per heavy atom. The van der Waals surface area contributed by atoms with E-state index in [1.54, 1.807) is 30.8 Å². The zero-order chi connectivity index (χ0) is 26.3. The topological polar surface area (TPSA) is 147 Å². The van der Waals surface area contributed by atoms with Crippen LogP contribution in [0.15, 0.2) is 36.8 Å². The highest BCUT2D eigenvalue weighted by molar-refractivity contribution is 5.88. The molecule has 6 rings (SSSR count). The van der Waals surface area contributed by atoms with Crippen molar-refractivity contribution >= 4 is 23.1 Å². The third kappa shape index (κ3) is 5.12. The van der Waals surface area contributed by atoms with Crippen molar-refractivity contribution in [2.24, 2.45) is 0 Å². The van der Waals surface area contributed by atoms with Crippen LogP contribution in [0.1, 0.15) is 32.8 Å². The largest absolute Gasteiger partial charge is 0.489 e. The van der Waals surface area contributed by atoms with E-state index < -0.39 is 5.60 Å². The number of hydrogen-bond acceptors (Lipinski definition) is 10. The quantitative estimate of drug-likeness (QED) is 0.330. The number of piperazine rings is 1. The second-order valence-electron chi connectivity index (χ2n) is 10.3. The molecule has 3 fully saturated rings. The Bertz CT molecular complexity index is 1370. The molecular formula is C26H30N8O3. The van der Waals surface area contributed by atoms with E-state index in [1.807, 2.05) is 18.2 Å². The van der Waals surface area contributed by atoms with Gasteiger partial charge < -0.3 is 19.5 Å². The molecule has 3 N–H and O–H groups in total. The number of nitrogens with one attached hydrogen (secondary N) is 2. The van der Waals surface area contributed by atoms with E-state index in [9.17, 15) is 10.4 Å². The number of aliphatic hydroxyl groups is 1. The number of piperidine rings is 1. The van der Waals surface area contributed by atoms with E-state index in [1.165, 1.54) is 13.1 Å². The summed E-state index contributed by atoms with van der Waals surface area (Å²) in [6.45, 7) is 7.03. The van der Waals surface area contributed by atoms with Gasteiger partial charge in [-0.15, -0.1) is 0 Å². The zero-order valence-electron chi connectivity index (χ0n) is 21.1. The number of anilines is 1. The van der Waals surface area contributed by atoms with Crippen LogP contribution in [-0.2, 0) is 4.74 Å². The molecule has 3 aliphatic rings. The molecule has 11 heteroatoms. The summed E-state index contributed by atoms with van der Waals surface area (Å²) in [5.41, 5.74) is 1.74. The van der Waals surface area contributed by atoms with Crippen molar-refractivity contribution in [3.8, 4) is 22.9 Å². The highest BCUT2D eigenvalue weighted by Gasteiger charge is 2.45. The van der Waals surface area contributed by atoms with Gasteiger partial charge in [0.05, 0.1) is 35.6 Å². The lowest BCUT2D eigenvalue weighted by Crippen LogP contribution is -2.69. The molecule has 0 amide bonds. The summed E-state index contributed by atoms with van der Waals surface area (Å²) in [6.07, 6.45) is 6.11. The summed E-state index contributed by atoms with van der Waals surface area (Å²) in [7, 11) is 0. The van der Waals surface area contributed by atoms with E-state index in [0.29, 0.717) is 35.5 Å². The molecule has 0 aromatic carbocycles. The Labute approximate surface area is 214 Å². The van der Waals surface area contributed by atoms with Crippen LogP contribution in [-0.4, -0.2) is 80.3 Å². The predicted octanol–water partition coefficient (Wildman–Crippen LogP) is 2.67. The fourth-order valence-corrected chi connectivity index (χ4v) is 4.99. The monoisotopic (exact) mass is 502 g/mol. The Balaban J connectivity index is 1.34. The average Bonchev–Trinajstić information content (AvgIpc) is 3.28. The number of nitrogens with zero attached hydrogens (tertiary/aromatic N) is 6. The summed E-state index contributed by atoms with van der Waals surface area (Å²) >= 11 is 0. The fourth-order valence-electron chi connectivity index (χ4n) is 4.99. The molecule has 2 atom stereocenters. The predicted molar refractivity (Wildman–Crippen MR) is 138 cm³/mol. The molecule has 192 valence electrons. The Kier molecular flexibility index (Phi) is 6.31. The summed E-state index contributed by atoms with van der Waals surface area (Å²) in [5.74, 6) is 1.55. The van der Waals surface area contributed by atoms with Crippen molar-refractivity contribution in [1.29, 1.82) is 16.1 Å². The fraction of sp³-hybridized carbons (Fsp3) is 0.423. The molecule has 2 unspecified atom stereocenters. The lowest BCUT2D eigenvalue weighted by atomic mass is 9.87. The number of nitriles is 1. The van der Waals surface area contributed by atoms with Gasteiger partial charge in [0, 0.05) is 49.4 Å². The van der Waals surface area contributed by atoms with Crippen LogP contribution in [0, 0.1) is 22.1 Å². The SMILES string of the molecule is CC(=N)OC(=N)CN1C2CC1CN(c1ccc(-c3cc(OCC(C)(C)O)cn4ncc(C#N)c34)cn1)C2. The van der Waals surface area contributed by atoms with Crippen LogP contribution in [0.2, 0.25) is 0 Å². The van der Waals surface area contributed by atoms with Crippen molar-refractivity contribution in [3.63, 3.8) is 0 Å². The maximum absolute atomic E-state index is 10.1. The number of fused-ring (bicyclic) bond motifs is 3. The van der Waals surface area contributed by atoms with Gasteiger partial charge in [-0.2, -0.15) is 10.4 Å². The molecule has 6 heterocycles. The molecule has 3 saturated heterocycles. The molecule has 2 bridgehead atoms. The standard InChI is InChI=1S/C26H30N8O3/c1-16(28)37-23(29)14-33-19-6-20(33)12-32(11-19)24-5-4-17(9-30-24)22-7-21(36-15-26(2,3)35)13-34-25(22)18(8-27)10-31-34/h4-5,7,9-10,13,19-20,28-29,35H,6,11-12,14-15H2,1-3H3. The zero-order valence-corrected chi connectivity index (χ0v) is 21.1. The van der Waals surface area contributed by atoms with Crippen LogP contribution in [0.5, 0.6) is 5.75 Å². The van der Waals surface area contributed by atoms with Gasteiger partial charge in [-0.05, 0) is 38.5 Å². The second kappa shape index (κ2) is 9.46. The summed E-state index contributed by atoms with van der Waals surface area (Å²) in [4.78, 5) is 9.25. The van der Waals surface area contributed by atoms with Crippen LogP contribution >= 0.6 is 0 Å². The second-order valence-corrected chi connectivity index (χ2v) is 10.3. The maximum Gasteiger partial charge on any atom is 0.203 e. The Morgan fingerprint density at radius 2 is 2.00 bits per heavy atom. The van der Waals surface area contributed by atoms with Gasteiger partial charge in [-0.1, -0.05) is 0 Å².